The van der Waals surface area contributed by atoms with E-state index in [1.54, 1.807) is 19.1 Å². The molecule has 1 heterocycles. The summed E-state index contributed by atoms with van der Waals surface area (Å²) in [7, 11) is -3.53. The first-order chi connectivity index (χ1) is 13.9. The Balaban J connectivity index is 1.64. The van der Waals surface area contributed by atoms with Crippen LogP contribution in [-0.4, -0.2) is 20.9 Å². The lowest BCUT2D eigenvalue weighted by molar-refractivity contribution is 0.103. The second-order valence-electron chi connectivity index (χ2n) is 6.38. The maximum atomic E-state index is 12.8. The Morgan fingerprint density at radius 2 is 1.76 bits per heavy atom. The van der Waals surface area contributed by atoms with E-state index in [0.29, 0.717) is 22.1 Å². The minimum Gasteiger partial charge on any atom is -0.321 e. The van der Waals surface area contributed by atoms with E-state index < -0.39 is 10.0 Å². The zero-order valence-corrected chi connectivity index (χ0v) is 17.8. The van der Waals surface area contributed by atoms with E-state index in [9.17, 15) is 13.2 Å². The van der Waals surface area contributed by atoms with Gasteiger partial charge >= 0.3 is 0 Å². The lowest BCUT2D eigenvalue weighted by Crippen LogP contribution is -2.23. The lowest BCUT2D eigenvalue weighted by Gasteiger charge is -2.07. The Morgan fingerprint density at radius 1 is 1.03 bits per heavy atom. The number of carbonyl (C=O) groups excluding carboxylic acids is 1. The van der Waals surface area contributed by atoms with Gasteiger partial charge in [0, 0.05) is 22.3 Å². The number of amides is 1. The lowest BCUT2D eigenvalue weighted by atomic mass is 10.1. The fraction of sp³-hybridized carbons (Fsp3) is 0.0952. The Labute approximate surface area is 177 Å². The number of halogens is 1. The summed E-state index contributed by atoms with van der Waals surface area (Å²) >= 11 is 7.91. The smallest absolute Gasteiger partial charge is 0.267 e. The van der Waals surface area contributed by atoms with Crippen LogP contribution in [0.4, 0.5) is 5.69 Å². The van der Waals surface area contributed by atoms with E-state index in [0.717, 1.165) is 20.9 Å². The summed E-state index contributed by atoms with van der Waals surface area (Å²) in [6.45, 7) is 2.02. The molecule has 29 heavy (non-hydrogen) atoms. The van der Waals surface area contributed by atoms with Crippen molar-refractivity contribution in [1.82, 2.24) is 4.72 Å². The quantitative estimate of drug-likeness (QED) is 0.441. The number of rotatable bonds is 5. The number of thiophene rings is 1. The molecule has 3 aromatic carbocycles. The van der Waals surface area contributed by atoms with Crippen molar-refractivity contribution in [2.75, 3.05) is 11.9 Å². The number of anilines is 1. The van der Waals surface area contributed by atoms with E-state index in [-0.39, 0.29) is 10.8 Å². The van der Waals surface area contributed by atoms with Crippen LogP contribution in [0.25, 0.3) is 20.9 Å². The zero-order valence-electron chi connectivity index (χ0n) is 15.4. The molecule has 0 bridgehead atoms. The van der Waals surface area contributed by atoms with Crippen molar-refractivity contribution in [3.05, 3.63) is 70.6 Å². The van der Waals surface area contributed by atoms with Crippen LogP contribution in [-0.2, 0) is 10.0 Å². The van der Waals surface area contributed by atoms with Gasteiger partial charge in [0.05, 0.1) is 9.92 Å². The van der Waals surface area contributed by atoms with Gasteiger partial charge in [0.1, 0.15) is 4.88 Å². The summed E-state index contributed by atoms with van der Waals surface area (Å²) in [6, 6.07) is 17.9. The molecule has 0 unspecified atom stereocenters. The highest BCUT2D eigenvalue weighted by molar-refractivity contribution is 7.89. The molecular formula is C21H17ClN2O3S2. The largest absolute Gasteiger partial charge is 0.321 e. The molecule has 8 heteroatoms. The van der Waals surface area contributed by atoms with Crippen LogP contribution in [0.15, 0.2) is 65.6 Å². The van der Waals surface area contributed by atoms with E-state index in [1.165, 1.54) is 23.5 Å². The van der Waals surface area contributed by atoms with Crippen LogP contribution in [0, 0.1) is 0 Å². The van der Waals surface area contributed by atoms with Gasteiger partial charge in [-0.15, -0.1) is 11.3 Å². The summed E-state index contributed by atoms with van der Waals surface area (Å²) in [5.74, 6) is -0.331. The highest BCUT2D eigenvalue weighted by atomic mass is 35.5. The summed E-state index contributed by atoms with van der Waals surface area (Å²) in [4.78, 5) is 13.4. The number of carbonyl (C=O) groups is 1. The highest BCUT2D eigenvalue weighted by Gasteiger charge is 2.19. The van der Waals surface area contributed by atoms with Crippen LogP contribution in [0.2, 0.25) is 5.02 Å². The number of benzene rings is 3. The van der Waals surface area contributed by atoms with Crippen molar-refractivity contribution >= 4 is 65.4 Å². The minimum atomic E-state index is -3.53. The molecule has 0 fully saturated rings. The molecule has 0 atom stereocenters. The van der Waals surface area contributed by atoms with Crippen LogP contribution in [0.5, 0.6) is 0 Å². The van der Waals surface area contributed by atoms with Crippen LogP contribution < -0.4 is 10.0 Å². The molecule has 4 rings (SSSR count). The van der Waals surface area contributed by atoms with Crippen molar-refractivity contribution in [3.8, 4) is 0 Å². The van der Waals surface area contributed by atoms with Crippen molar-refractivity contribution in [2.45, 2.75) is 11.8 Å². The molecule has 1 aromatic heterocycles. The van der Waals surface area contributed by atoms with Crippen molar-refractivity contribution in [1.29, 1.82) is 0 Å². The Hall–Kier alpha value is -2.45. The Kier molecular flexibility index (Phi) is 5.31. The fourth-order valence-electron chi connectivity index (χ4n) is 3.16. The Bertz CT molecular complexity index is 1330. The van der Waals surface area contributed by atoms with Gasteiger partial charge in [0.2, 0.25) is 10.0 Å². The number of sulfonamides is 1. The molecule has 148 valence electrons. The normalized spacial score (nSPS) is 11.8. The number of fused-ring (bicyclic) bond motifs is 3. The summed E-state index contributed by atoms with van der Waals surface area (Å²) in [5, 5.41) is 6.14. The SMILES string of the molecule is CCNS(=O)(=O)c1ccc(NC(=O)c2sc3ccc4ccccc4c3c2Cl)cc1. The summed E-state index contributed by atoms with van der Waals surface area (Å²) in [5.41, 5.74) is 0.490. The summed E-state index contributed by atoms with van der Waals surface area (Å²) < 4.78 is 27.4. The first-order valence-corrected chi connectivity index (χ1v) is 11.6. The zero-order chi connectivity index (χ0) is 20.6. The molecule has 0 spiro atoms. The molecule has 5 nitrogen and oxygen atoms in total. The maximum absolute atomic E-state index is 12.8. The van der Waals surface area contributed by atoms with Crippen LogP contribution >= 0.6 is 22.9 Å². The van der Waals surface area contributed by atoms with Gasteiger partial charge in [-0.05, 0) is 41.1 Å². The van der Waals surface area contributed by atoms with Gasteiger partial charge in [0.15, 0.2) is 0 Å². The third-order valence-electron chi connectivity index (χ3n) is 4.48. The molecule has 4 aromatic rings. The van der Waals surface area contributed by atoms with Crippen molar-refractivity contribution in [3.63, 3.8) is 0 Å². The van der Waals surface area contributed by atoms with E-state index in [2.05, 4.69) is 10.0 Å². The molecule has 2 N–H and O–H groups in total. The second-order valence-corrected chi connectivity index (χ2v) is 9.58. The molecule has 1 amide bonds. The topological polar surface area (TPSA) is 75.3 Å². The first kappa shape index (κ1) is 19.8. The number of nitrogens with one attached hydrogen (secondary N) is 2. The predicted molar refractivity (Wildman–Crippen MR) is 120 cm³/mol. The predicted octanol–water partition coefficient (Wildman–Crippen LogP) is 5.26. The average Bonchev–Trinajstić information content (AvgIpc) is 3.05. The monoisotopic (exact) mass is 444 g/mol. The minimum absolute atomic E-state index is 0.142. The summed E-state index contributed by atoms with van der Waals surface area (Å²) in [6.07, 6.45) is 0. The fourth-order valence-corrected chi connectivity index (χ4v) is 5.66. The van der Waals surface area contributed by atoms with E-state index in [4.69, 9.17) is 11.6 Å². The van der Waals surface area contributed by atoms with Gasteiger partial charge in [-0.2, -0.15) is 0 Å². The third kappa shape index (κ3) is 3.74. The highest BCUT2D eigenvalue weighted by Crippen LogP contribution is 2.40. The standard InChI is InChI=1S/C21H17ClN2O3S2/c1-2-23-29(26,27)15-10-8-14(9-11-15)24-21(25)20-19(22)18-16-6-4-3-5-13(16)7-12-17(18)28-20/h3-12,23H,2H2,1H3,(H,24,25). The molecule has 0 aliphatic rings. The van der Waals surface area contributed by atoms with Crippen molar-refractivity contribution < 1.29 is 13.2 Å². The Morgan fingerprint density at radius 3 is 2.48 bits per heavy atom. The first-order valence-electron chi connectivity index (χ1n) is 8.91. The average molecular weight is 445 g/mol. The van der Waals surface area contributed by atoms with Gasteiger partial charge in [-0.25, -0.2) is 13.1 Å². The van der Waals surface area contributed by atoms with Gasteiger partial charge in [0.25, 0.3) is 5.91 Å². The molecule has 0 radical (unpaired) electrons. The molecule has 0 saturated heterocycles. The van der Waals surface area contributed by atoms with Crippen LogP contribution in [0.1, 0.15) is 16.6 Å². The molecule has 0 aliphatic carbocycles. The second kappa shape index (κ2) is 7.76. The molecule has 0 aliphatic heterocycles. The van der Waals surface area contributed by atoms with Gasteiger partial charge in [-0.3, -0.25) is 4.79 Å². The van der Waals surface area contributed by atoms with Crippen LogP contribution in [0.3, 0.4) is 0 Å². The number of hydrogen-bond donors (Lipinski definition) is 2. The maximum Gasteiger partial charge on any atom is 0.267 e. The van der Waals surface area contributed by atoms with Gasteiger partial charge < -0.3 is 5.32 Å². The molecular weight excluding hydrogens is 428 g/mol. The van der Waals surface area contributed by atoms with E-state index >= 15 is 0 Å². The van der Waals surface area contributed by atoms with Gasteiger partial charge in [-0.1, -0.05) is 48.9 Å². The van der Waals surface area contributed by atoms with E-state index in [1.807, 2.05) is 36.4 Å². The molecule has 0 saturated carbocycles. The third-order valence-corrected chi connectivity index (χ3v) is 7.69. The number of hydrogen-bond acceptors (Lipinski definition) is 4. The van der Waals surface area contributed by atoms with Crippen molar-refractivity contribution in [2.24, 2.45) is 0 Å².